The van der Waals surface area contributed by atoms with Crippen molar-refractivity contribution in [2.45, 2.75) is 46.6 Å². The van der Waals surface area contributed by atoms with Crippen LogP contribution in [0.25, 0.3) is 0 Å². The number of benzene rings is 1. The molecule has 0 radical (unpaired) electrons. The highest BCUT2D eigenvalue weighted by Gasteiger charge is 2.50. The Balaban J connectivity index is 1.86. The topological polar surface area (TPSA) is 90.0 Å². The van der Waals surface area contributed by atoms with Gasteiger partial charge in [-0.05, 0) is 43.2 Å². The Morgan fingerprint density at radius 3 is 2.41 bits per heavy atom. The molecule has 8 heteroatoms. The lowest BCUT2D eigenvalue weighted by atomic mass is 9.78. The standard InChI is InChI=1S/C21H27NO6S/c1-12(2)16-9-15(27-5)10-17-19(16)20(23)22(29(17,25)26)11-28-21(24)18-13(3)7-6-8-14(18)4/h6-8,12,15-16H,9-11H2,1-5H3. The minimum absolute atomic E-state index is 0.0780. The van der Waals surface area contributed by atoms with Gasteiger partial charge >= 0.3 is 5.97 Å². The molecule has 1 aromatic carbocycles. The zero-order valence-corrected chi connectivity index (χ0v) is 18.2. The summed E-state index contributed by atoms with van der Waals surface area (Å²) in [4.78, 5) is 25.7. The predicted octanol–water partition coefficient (Wildman–Crippen LogP) is 2.92. The van der Waals surface area contributed by atoms with Gasteiger partial charge in [-0.2, -0.15) is 4.31 Å². The first kappa shape index (κ1) is 21.5. The van der Waals surface area contributed by atoms with Crippen molar-refractivity contribution in [3.63, 3.8) is 0 Å². The number of carbonyl (C=O) groups is 2. The molecule has 1 aromatic rings. The van der Waals surface area contributed by atoms with Crippen molar-refractivity contribution in [1.29, 1.82) is 0 Å². The molecule has 1 aliphatic carbocycles. The quantitative estimate of drug-likeness (QED) is 0.679. The van der Waals surface area contributed by atoms with Crippen LogP contribution < -0.4 is 0 Å². The number of amides is 1. The molecule has 158 valence electrons. The van der Waals surface area contributed by atoms with Crippen molar-refractivity contribution < 1.29 is 27.5 Å². The minimum Gasteiger partial charge on any atom is -0.439 e. The van der Waals surface area contributed by atoms with E-state index in [1.54, 1.807) is 33.1 Å². The Morgan fingerprint density at radius 1 is 1.24 bits per heavy atom. The van der Waals surface area contributed by atoms with E-state index in [1.807, 2.05) is 19.9 Å². The van der Waals surface area contributed by atoms with Gasteiger partial charge in [0.25, 0.3) is 15.9 Å². The van der Waals surface area contributed by atoms with Crippen LogP contribution in [0.1, 0.15) is 48.2 Å². The number of ether oxygens (including phenoxy) is 2. The molecule has 0 saturated carbocycles. The maximum atomic E-state index is 13.1. The highest BCUT2D eigenvalue weighted by atomic mass is 32.2. The van der Waals surface area contributed by atoms with Crippen molar-refractivity contribution in [2.75, 3.05) is 13.8 Å². The Hall–Kier alpha value is -2.19. The fourth-order valence-electron chi connectivity index (χ4n) is 4.15. The van der Waals surface area contributed by atoms with Crippen LogP contribution in [0.2, 0.25) is 0 Å². The molecule has 0 spiro atoms. The highest BCUT2D eigenvalue weighted by Crippen LogP contribution is 2.44. The van der Waals surface area contributed by atoms with E-state index in [1.165, 1.54) is 0 Å². The van der Waals surface area contributed by atoms with Crippen LogP contribution in [-0.2, 0) is 24.3 Å². The molecule has 1 aliphatic heterocycles. The molecule has 2 unspecified atom stereocenters. The van der Waals surface area contributed by atoms with Crippen molar-refractivity contribution in [3.05, 3.63) is 45.4 Å². The average molecular weight is 422 g/mol. The molecule has 29 heavy (non-hydrogen) atoms. The molecule has 1 amide bonds. The van der Waals surface area contributed by atoms with E-state index in [9.17, 15) is 18.0 Å². The summed E-state index contributed by atoms with van der Waals surface area (Å²) in [6, 6.07) is 5.38. The summed E-state index contributed by atoms with van der Waals surface area (Å²) >= 11 is 0. The van der Waals surface area contributed by atoms with Crippen molar-refractivity contribution in [1.82, 2.24) is 4.31 Å². The number of esters is 1. The van der Waals surface area contributed by atoms with E-state index in [2.05, 4.69) is 0 Å². The summed E-state index contributed by atoms with van der Waals surface area (Å²) in [6.07, 6.45) is 0.482. The second kappa shape index (κ2) is 7.91. The van der Waals surface area contributed by atoms with E-state index >= 15 is 0 Å². The van der Waals surface area contributed by atoms with E-state index < -0.39 is 28.6 Å². The summed E-state index contributed by atoms with van der Waals surface area (Å²) in [5, 5.41) is 0. The average Bonchev–Trinajstić information content (AvgIpc) is 2.84. The Morgan fingerprint density at radius 2 is 1.86 bits per heavy atom. The number of carbonyl (C=O) groups excluding carboxylic acids is 2. The Kier molecular flexibility index (Phi) is 5.87. The van der Waals surface area contributed by atoms with Gasteiger partial charge in [0.1, 0.15) is 0 Å². The maximum absolute atomic E-state index is 13.1. The van der Waals surface area contributed by atoms with Gasteiger partial charge in [-0.15, -0.1) is 0 Å². The molecule has 7 nitrogen and oxygen atoms in total. The zero-order chi connectivity index (χ0) is 21.5. The Labute approximate surface area is 171 Å². The second-order valence-corrected chi connectivity index (χ2v) is 9.86. The third kappa shape index (κ3) is 3.71. The minimum atomic E-state index is -4.04. The lowest BCUT2D eigenvalue weighted by Gasteiger charge is -2.30. The molecular formula is C21H27NO6S. The molecule has 2 aliphatic rings. The number of hydrogen-bond acceptors (Lipinski definition) is 6. The molecule has 3 rings (SSSR count). The molecule has 1 heterocycles. The van der Waals surface area contributed by atoms with Gasteiger partial charge in [-0.3, -0.25) is 4.79 Å². The van der Waals surface area contributed by atoms with Gasteiger partial charge < -0.3 is 9.47 Å². The van der Waals surface area contributed by atoms with E-state index in [0.29, 0.717) is 21.9 Å². The fourth-order valence-corrected chi connectivity index (χ4v) is 5.83. The zero-order valence-electron chi connectivity index (χ0n) is 17.4. The summed E-state index contributed by atoms with van der Waals surface area (Å²) in [5.74, 6) is -1.38. The van der Waals surface area contributed by atoms with Crippen LogP contribution in [-0.4, -0.2) is 44.5 Å². The molecule has 2 atom stereocenters. The van der Waals surface area contributed by atoms with Gasteiger partial charge in [0.05, 0.1) is 16.6 Å². The number of rotatable bonds is 5. The normalized spacial score (nSPS) is 23.5. The van der Waals surface area contributed by atoms with E-state index in [4.69, 9.17) is 9.47 Å². The number of nitrogens with zero attached hydrogens (tertiary/aromatic N) is 1. The SMILES string of the molecule is COC1CC2=C(C(=O)N(COC(=O)c3c(C)cccc3C)S2(=O)=O)C(C(C)C)C1. The van der Waals surface area contributed by atoms with Crippen molar-refractivity contribution in [3.8, 4) is 0 Å². The lowest BCUT2D eigenvalue weighted by molar-refractivity contribution is -0.125. The monoisotopic (exact) mass is 421 g/mol. The van der Waals surface area contributed by atoms with Gasteiger partial charge in [0, 0.05) is 19.1 Å². The highest BCUT2D eigenvalue weighted by molar-refractivity contribution is 7.94. The van der Waals surface area contributed by atoms with Crippen LogP contribution in [0, 0.1) is 25.7 Å². The lowest BCUT2D eigenvalue weighted by Crippen LogP contribution is -2.35. The number of methoxy groups -OCH3 is 1. The summed E-state index contributed by atoms with van der Waals surface area (Å²) in [7, 11) is -2.50. The predicted molar refractivity (Wildman–Crippen MR) is 107 cm³/mol. The molecule has 0 fully saturated rings. The first-order chi connectivity index (χ1) is 13.6. The van der Waals surface area contributed by atoms with E-state index in [0.717, 1.165) is 11.1 Å². The molecule has 0 bridgehead atoms. The van der Waals surface area contributed by atoms with Crippen molar-refractivity contribution in [2.24, 2.45) is 11.8 Å². The number of aryl methyl sites for hydroxylation is 2. The number of hydrogen-bond donors (Lipinski definition) is 0. The number of sulfonamides is 1. The fraction of sp³-hybridized carbons (Fsp3) is 0.524. The Bertz CT molecular complexity index is 959. The maximum Gasteiger partial charge on any atom is 0.340 e. The van der Waals surface area contributed by atoms with Crippen molar-refractivity contribution >= 4 is 21.9 Å². The summed E-state index contributed by atoms with van der Waals surface area (Å²) < 4.78 is 37.5. The van der Waals surface area contributed by atoms with Gasteiger partial charge in [-0.1, -0.05) is 32.0 Å². The van der Waals surface area contributed by atoms with Gasteiger partial charge in [-0.25, -0.2) is 13.2 Å². The largest absolute Gasteiger partial charge is 0.439 e. The molecule has 0 aromatic heterocycles. The van der Waals surface area contributed by atoms with E-state index in [-0.39, 0.29) is 29.3 Å². The second-order valence-electron chi connectivity index (χ2n) is 7.97. The molecule has 0 saturated heterocycles. The first-order valence-corrected chi connectivity index (χ1v) is 11.1. The van der Waals surface area contributed by atoms with Crippen LogP contribution in [0.4, 0.5) is 0 Å². The smallest absolute Gasteiger partial charge is 0.340 e. The van der Waals surface area contributed by atoms with Gasteiger partial charge in [0.2, 0.25) is 0 Å². The van der Waals surface area contributed by atoms with Gasteiger partial charge in [0.15, 0.2) is 6.73 Å². The van der Waals surface area contributed by atoms with Crippen LogP contribution >= 0.6 is 0 Å². The van der Waals surface area contributed by atoms with Crippen LogP contribution in [0.5, 0.6) is 0 Å². The first-order valence-electron chi connectivity index (χ1n) is 9.65. The van der Waals surface area contributed by atoms with Crippen LogP contribution in [0.15, 0.2) is 28.7 Å². The third-order valence-electron chi connectivity index (χ3n) is 5.80. The summed E-state index contributed by atoms with van der Waals surface area (Å²) in [6.45, 7) is 6.83. The van der Waals surface area contributed by atoms with Crippen LogP contribution in [0.3, 0.4) is 0 Å². The third-order valence-corrected chi connectivity index (χ3v) is 7.66. The molecule has 0 N–H and O–H groups in total. The summed E-state index contributed by atoms with van der Waals surface area (Å²) in [5.41, 5.74) is 2.15. The molecular weight excluding hydrogens is 394 g/mol.